The molecule has 1 fully saturated rings. The van der Waals surface area contributed by atoms with E-state index >= 15 is 0 Å². The summed E-state index contributed by atoms with van der Waals surface area (Å²) in [6, 6.07) is 7.80. The first-order chi connectivity index (χ1) is 9.20. The van der Waals surface area contributed by atoms with Gasteiger partial charge < -0.3 is 5.32 Å². The zero-order valence-electron chi connectivity index (χ0n) is 11.1. The van der Waals surface area contributed by atoms with Crippen LogP contribution >= 0.6 is 0 Å². The molecule has 1 saturated carbocycles. The van der Waals surface area contributed by atoms with Gasteiger partial charge in [-0.3, -0.25) is 4.79 Å². The van der Waals surface area contributed by atoms with Crippen LogP contribution in [0.15, 0.2) is 24.3 Å². The van der Waals surface area contributed by atoms with Gasteiger partial charge in [0.2, 0.25) is 0 Å². The van der Waals surface area contributed by atoms with E-state index in [1.54, 1.807) is 12.1 Å². The van der Waals surface area contributed by atoms with Crippen molar-refractivity contribution >= 4 is 28.1 Å². The molecule has 1 unspecified atom stereocenters. The zero-order chi connectivity index (χ0) is 13.7. The molecule has 1 aromatic carbocycles. The Bertz CT molecular complexity index is 485. The highest BCUT2D eigenvalue weighted by molar-refractivity contribution is 7.66. The van der Waals surface area contributed by atoms with E-state index in [4.69, 9.17) is 0 Å². The van der Waals surface area contributed by atoms with Crippen molar-refractivity contribution in [1.29, 1.82) is 0 Å². The van der Waals surface area contributed by atoms with Crippen molar-refractivity contribution in [3.8, 4) is 0 Å². The lowest BCUT2D eigenvalue weighted by molar-refractivity contribution is 0.107. The van der Waals surface area contributed by atoms with Gasteiger partial charge in [0.05, 0.1) is 16.6 Å². The van der Waals surface area contributed by atoms with Crippen molar-refractivity contribution in [2.45, 2.75) is 38.6 Å². The summed E-state index contributed by atoms with van der Waals surface area (Å²) in [5, 5.41) is 4.58. The summed E-state index contributed by atoms with van der Waals surface area (Å²) >= 11 is 0.196. The fraction of sp³-hybridized carbons (Fsp3) is 0.467. The van der Waals surface area contributed by atoms with Crippen molar-refractivity contribution < 1.29 is 9.00 Å². The SMILES string of the molecule is CC(Nc1ccc(C(=O)C=S=O)cc1)C1CCCC1. The van der Waals surface area contributed by atoms with Crippen molar-refractivity contribution in [2.24, 2.45) is 5.92 Å². The number of hydrogen-bond acceptors (Lipinski definition) is 3. The van der Waals surface area contributed by atoms with Crippen LogP contribution in [0, 0.1) is 5.92 Å². The molecular weight excluding hydrogens is 258 g/mol. The van der Waals surface area contributed by atoms with E-state index in [9.17, 15) is 9.00 Å². The zero-order valence-corrected chi connectivity index (χ0v) is 11.9. The number of hydrogen-bond donors (Lipinski definition) is 1. The largest absolute Gasteiger partial charge is 0.382 e. The third kappa shape index (κ3) is 3.77. The number of carbonyl (C=O) groups excluding carboxylic acids is 1. The third-order valence-electron chi connectivity index (χ3n) is 3.83. The van der Waals surface area contributed by atoms with Crippen LogP contribution in [0.3, 0.4) is 0 Å². The van der Waals surface area contributed by atoms with E-state index in [0.717, 1.165) is 17.0 Å². The minimum atomic E-state index is -0.226. The third-order valence-corrected chi connectivity index (χ3v) is 4.14. The van der Waals surface area contributed by atoms with Gasteiger partial charge in [0.15, 0.2) is 5.78 Å². The number of benzene rings is 1. The normalized spacial score (nSPS) is 16.9. The van der Waals surface area contributed by atoms with Gasteiger partial charge in [-0.25, -0.2) is 4.21 Å². The number of nitrogens with one attached hydrogen (secondary N) is 1. The molecule has 0 radical (unpaired) electrons. The topological polar surface area (TPSA) is 46.2 Å². The van der Waals surface area contributed by atoms with Crippen LogP contribution in [0.1, 0.15) is 43.0 Å². The Kier molecular flexibility index (Phi) is 4.91. The maximum atomic E-state index is 11.5. The summed E-state index contributed by atoms with van der Waals surface area (Å²) in [5.41, 5.74) is 1.59. The Morgan fingerprint density at radius 2 is 1.95 bits per heavy atom. The maximum Gasteiger partial charge on any atom is 0.198 e. The molecule has 2 rings (SSSR count). The Morgan fingerprint density at radius 3 is 2.53 bits per heavy atom. The van der Waals surface area contributed by atoms with Gasteiger partial charge in [-0.05, 0) is 49.9 Å². The van der Waals surface area contributed by atoms with Gasteiger partial charge in [0.25, 0.3) is 0 Å². The van der Waals surface area contributed by atoms with E-state index in [2.05, 4.69) is 12.2 Å². The number of anilines is 1. The van der Waals surface area contributed by atoms with Gasteiger partial charge in [0, 0.05) is 17.3 Å². The molecule has 19 heavy (non-hydrogen) atoms. The highest BCUT2D eigenvalue weighted by atomic mass is 32.1. The lowest BCUT2D eigenvalue weighted by Crippen LogP contribution is -2.23. The quantitative estimate of drug-likeness (QED) is 0.665. The second-order valence-corrected chi connectivity index (χ2v) is 5.56. The lowest BCUT2D eigenvalue weighted by Gasteiger charge is -2.21. The molecule has 1 aliphatic carbocycles. The van der Waals surface area contributed by atoms with Crippen molar-refractivity contribution in [3.05, 3.63) is 29.8 Å². The fourth-order valence-corrected chi connectivity index (χ4v) is 2.90. The molecule has 1 atom stereocenters. The molecular formula is C15H19NO2S. The molecule has 1 aromatic rings. The first-order valence-electron chi connectivity index (χ1n) is 6.73. The van der Waals surface area contributed by atoms with E-state index < -0.39 is 0 Å². The molecule has 0 spiro atoms. The van der Waals surface area contributed by atoms with Crippen LogP contribution in [0.25, 0.3) is 0 Å². The number of ketones is 1. The van der Waals surface area contributed by atoms with Crippen LogP contribution in [0.2, 0.25) is 0 Å². The Labute approximate surface area is 117 Å². The molecule has 0 aromatic heterocycles. The van der Waals surface area contributed by atoms with E-state index in [1.165, 1.54) is 25.7 Å². The van der Waals surface area contributed by atoms with E-state index in [-0.39, 0.29) is 17.0 Å². The molecule has 0 bridgehead atoms. The first-order valence-corrected chi connectivity index (χ1v) is 7.54. The summed E-state index contributed by atoms with van der Waals surface area (Å²) in [6.45, 7) is 2.22. The van der Waals surface area contributed by atoms with Crippen LogP contribution in [-0.4, -0.2) is 21.4 Å². The summed E-state index contributed by atoms with van der Waals surface area (Å²) in [5.74, 6) is 0.530. The summed E-state index contributed by atoms with van der Waals surface area (Å²) in [4.78, 5) is 11.5. The van der Waals surface area contributed by atoms with Gasteiger partial charge >= 0.3 is 0 Å². The number of Topliss-reactive ketones (excluding diaryl/α,β-unsaturated/α-hetero) is 1. The van der Waals surface area contributed by atoms with E-state index in [1.807, 2.05) is 12.1 Å². The molecule has 0 aliphatic heterocycles. The number of carbonyl (C=O) groups is 1. The standard InChI is InChI=1S/C15H19NO2S/c1-11(12-4-2-3-5-12)16-14-8-6-13(7-9-14)15(17)10-19-18/h6-12,16H,2-5H2,1H3. The monoisotopic (exact) mass is 277 g/mol. The first kappa shape index (κ1) is 14.0. The van der Waals surface area contributed by atoms with Gasteiger partial charge in [0.1, 0.15) is 0 Å². The van der Waals surface area contributed by atoms with Gasteiger partial charge in [-0.1, -0.05) is 12.8 Å². The van der Waals surface area contributed by atoms with Crippen LogP contribution in [-0.2, 0) is 11.3 Å². The summed E-state index contributed by atoms with van der Waals surface area (Å²) in [6.07, 6.45) is 5.29. The average Bonchev–Trinajstić information content (AvgIpc) is 2.94. The van der Waals surface area contributed by atoms with Crippen LogP contribution in [0.5, 0.6) is 0 Å². The molecule has 0 saturated heterocycles. The Balaban J connectivity index is 1.98. The smallest absolute Gasteiger partial charge is 0.198 e. The Hall–Kier alpha value is -1.42. The van der Waals surface area contributed by atoms with Gasteiger partial charge in [-0.2, -0.15) is 0 Å². The molecule has 1 N–H and O–H groups in total. The predicted molar refractivity (Wildman–Crippen MR) is 80.0 cm³/mol. The average molecular weight is 277 g/mol. The predicted octanol–water partition coefficient (Wildman–Crippen LogP) is 2.88. The highest BCUT2D eigenvalue weighted by Gasteiger charge is 2.21. The maximum absolute atomic E-state index is 11.5. The number of rotatable bonds is 5. The lowest BCUT2D eigenvalue weighted by atomic mass is 9.99. The van der Waals surface area contributed by atoms with Crippen molar-refractivity contribution in [1.82, 2.24) is 0 Å². The van der Waals surface area contributed by atoms with Crippen molar-refractivity contribution in [3.63, 3.8) is 0 Å². The summed E-state index contributed by atoms with van der Waals surface area (Å²) < 4.78 is 10.3. The van der Waals surface area contributed by atoms with Gasteiger partial charge in [-0.15, -0.1) is 0 Å². The Morgan fingerprint density at radius 1 is 1.32 bits per heavy atom. The molecule has 0 amide bonds. The van der Waals surface area contributed by atoms with Crippen LogP contribution in [0.4, 0.5) is 5.69 Å². The molecule has 1 aliphatic rings. The van der Waals surface area contributed by atoms with E-state index in [0.29, 0.717) is 11.6 Å². The highest BCUT2D eigenvalue weighted by Crippen LogP contribution is 2.29. The van der Waals surface area contributed by atoms with Crippen molar-refractivity contribution in [2.75, 3.05) is 5.32 Å². The minimum Gasteiger partial charge on any atom is -0.382 e. The second kappa shape index (κ2) is 6.66. The molecule has 3 nitrogen and oxygen atoms in total. The summed E-state index contributed by atoms with van der Waals surface area (Å²) in [7, 11) is 0. The second-order valence-electron chi connectivity index (χ2n) is 5.13. The molecule has 102 valence electrons. The molecule has 0 heterocycles. The van der Waals surface area contributed by atoms with Crippen LogP contribution < -0.4 is 5.32 Å². The minimum absolute atomic E-state index is 0.196. The fourth-order valence-electron chi connectivity index (χ4n) is 2.68. The molecule has 4 heteroatoms.